The highest BCUT2D eigenvalue weighted by Gasteiger charge is 2.44. The summed E-state index contributed by atoms with van der Waals surface area (Å²) in [7, 11) is 1.78. The van der Waals surface area contributed by atoms with Gasteiger partial charge < -0.3 is 14.0 Å². The number of hydrogen-bond acceptors (Lipinski definition) is 6. The molecule has 1 aliphatic carbocycles. The molecule has 1 saturated heterocycles. The quantitative estimate of drug-likeness (QED) is 0.254. The SMILES string of the molecule is Cc1cc(-c2ccc3nc(Cl)nc(C(COC4CCCCO4)(CC4CC4)c4ccccn4)c3c2)cn(C)c1=O. The molecule has 2 fully saturated rings. The van der Waals surface area contributed by atoms with Crippen molar-refractivity contribution in [3.8, 4) is 11.1 Å². The number of rotatable bonds is 8. The van der Waals surface area contributed by atoms with Crippen LogP contribution >= 0.6 is 11.6 Å². The maximum atomic E-state index is 12.4. The number of fused-ring (bicyclic) bond motifs is 1. The number of aromatic nitrogens is 4. The molecule has 0 radical (unpaired) electrons. The van der Waals surface area contributed by atoms with Crippen LogP contribution in [-0.4, -0.2) is 39.0 Å². The predicted molar refractivity (Wildman–Crippen MR) is 152 cm³/mol. The lowest BCUT2D eigenvalue weighted by molar-refractivity contribution is -0.170. The van der Waals surface area contributed by atoms with Crippen molar-refractivity contribution in [1.29, 1.82) is 0 Å². The monoisotopic (exact) mass is 544 g/mol. The summed E-state index contributed by atoms with van der Waals surface area (Å²) < 4.78 is 14.1. The Kier molecular flexibility index (Phi) is 7.23. The van der Waals surface area contributed by atoms with Crippen LogP contribution in [0.5, 0.6) is 0 Å². The maximum absolute atomic E-state index is 12.4. The van der Waals surface area contributed by atoms with E-state index in [9.17, 15) is 4.79 Å². The molecule has 3 aromatic heterocycles. The highest BCUT2D eigenvalue weighted by Crippen LogP contribution is 2.47. The van der Waals surface area contributed by atoms with E-state index in [1.165, 1.54) is 12.8 Å². The van der Waals surface area contributed by atoms with E-state index in [2.05, 4.69) is 17.1 Å². The van der Waals surface area contributed by atoms with E-state index in [-0.39, 0.29) is 17.1 Å². The highest BCUT2D eigenvalue weighted by molar-refractivity contribution is 6.28. The van der Waals surface area contributed by atoms with Gasteiger partial charge in [-0.25, -0.2) is 9.97 Å². The molecule has 6 rings (SSSR count). The summed E-state index contributed by atoms with van der Waals surface area (Å²) in [6, 6.07) is 14.1. The minimum absolute atomic E-state index is 0.00368. The second kappa shape index (κ2) is 10.8. The number of aryl methyl sites for hydroxylation is 2. The third-order valence-corrected chi connectivity index (χ3v) is 8.13. The van der Waals surface area contributed by atoms with Crippen molar-refractivity contribution in [2.24, 2.45) is 13.0 Å². The Morgan fingerprint density at radius 3 is 2.69 bits per heavy atom. The summed E-state index contributed by atoms with van der Waals surface area (Å²) in [5.74, 6) is 0.557. The third-order valence-electron chi connectivity index (χ3n) is 7.96. The lowest BCUT2D eigenvalue weighted by Gasteiger charge is -2.36. The van der Waals surface area contributed by atoms with Gasteiger partial charge in [0.05, 0.1) is 28.9 Å². The standard InChI is InChI=1S/C31H33ClN4O3/c1-20-15-23(18-36(2)29(20)37)22-11-12-25-24(16-22)28(35-30(32)34-25)31(17-21-9-10-21,26-7-3-5-13-33-26)19-39-27-8-4-6-14-38-27/h3,5,7,11-13,15-16,18,21,27H,4,6,8-10,14,17,19H2,1-2H3. The van der Waals surface area contributed by atoms with Crippen LogP contribution in [-0.2, 0) is 21.9 Å². The largest absolute Gasteiger partial charge is 0.353 e. The molecular formula is C31H33ClN4O3. The molecule has 202 valence electrons. The molecule has 2 unspecified atom stereocenters. The summed E-state index contributed by atoms with van der Waals surface area (Å²) in [6.45, 7) is 2.94. The number of ether oxygens (including phenoxy) is 2. The van der Waals surface area contributed by atoms with E-state index in [1.807, 2.05) is 49.6 Å². The van der Waals surface area contributed by atoms with Crippen LogP contribution in [0, 0.1) is 12.8 Å². The van der Waals surface area contributed by atoms with Gasteiger partial charge in [0.1, 0.15) is 0 Å². The van der Waals surface area contributed by atoms with E-state index in [0.29, 0.717) is 24.7 Å². The van der Waals surface area contributed by atoms with Gasteiger partial charge in [-0.2, -0.15) is 0 Å². The smallest absolute Gasteiger partial charge is 0.253 e. The van der Waals surface area contributed by atoms with E-state index < -0.39 is 5.41 Å². The average molecular weight is 545 g/mol. The molecule has 1 aliphatic heterocycles. The fourth-order valence-corrected chi connectivity index (χ4v) is 5.92. The molecule has 7 nitrogen and oxygen atoms in total. The maximum Gasteiger partial charge on any atom is 0.253 e. The molecule has 39 heavy (non-hydrogen) atoms. The van der Waals surface area contributed by atoms with Gasteiger partial charge in [-0.05, 0) is 91.6 Å². The Hall–Kier alpha value is -3.13. The molecule has 2 atom stereocenters. The Morgan fingerprint density at radius 1 is 1.10 bits per heavy atom. The lowest BCUT2D eigenvalue weighted by Crippen LogP contribution is -2.39. The normalized spacial score (nSPS) is 19.2. The van der Waals surface area contributed by atoms with Gasteiger partial charge in [0.25, 0.3) is 5.56 Å². The summed E-state index contributed by atoms with van der Waals surface area (Å²) in [6.07, 6.45) is 9.69. The second-order valence-electron chi connectivity index (χ2n) is 11.0. The average Bonchev–Trinajstić information content (AvgIpc) is 3.78. The van der Waals surface area contributed by atoms with Crippen molar-refractivity contribution in [2.75, 3.05) is 13.2 Å². The van der Waals surface area contributed by atoms with Crippen LogP contribution in [0.3, 0.4) is 0 Å². The van der Waals surface area contributed by atoms with E-state index in [0.717, 1.165) is 59.1 Å². The van der Waals surface area contributed by atoms with Gasteiger partial charge in [-0.1, -0.05) is 25.0 Å². The first-order chi connectivity index (χ1) is 18.9. The topological polar surface area (TPSA) is 79.1 Å². The third kappa shape index (κ3) is 5.36. The zero-order valence-corrected chi connectivity index (χ0v) is 23.2. The fraction of sp³-hybridized carbons (Fsp3) is 0.419. The zero-order valence-electron chi connectivity index (χ0n) is 22.4. The molecule has 4 aromatic rings. The van der Waals surface area contributed by atoms with Crippen LogP contribution in [0.2, 0.25) is 5.28 Å². The van der Waals surface area contributed by atoms with Crippen LogP contribution in [0.4, 0.5) is 0 Å². The van der Waals surface area contributed by atoms with E-state index in [1.54, 1.807) is 11.6 Å². The molecule has 0 N–H and O–H groups in total. The molecular weight excluding hydrogens is 512 g/mol. The minimum Gasteiger partial charge on any atom is -0.353 e. The number of hydrogen-bond donors (Lipinski definition) is 0. The summed E-state index contributed by atoms with van der Waals surface area (Å²) in [5.41, 5.74) is 4.48. The van der Waals surface area contributed by atoms with Crippen LogP contribution in [0.1, 0.15) is 55.5 Å². The number of pyridine rings is 2. The molecule has 4 heterocycles. The number of halogens is 1. The Balaban J connectivity index is 1.54. The van der Waals surface area contributed by atoms with E-state index >= 15 is 0 Å². The number of benzene rings is 1. The molecule has 0 spiro atoms. The fourth-order valence-electron chi connectivity index (χ4n) is 5.74. The second-order valence-corrected chi connectivity index (χ2v) is 11.3. The van der Waals surface area contributed by atoms with E-state index in [4.69, 9.17) is 31.0 Å². The van der Waals surface area contributed by atoms with Crippen molar-refractivity contribution in [2.45, 2.75) is 57.2 Å². The molecule has 0 amide bonds. The molecule has 0 bridgehead atoms. The van der Waals surface area contributed by atoms with Gasteiger partial charge in [0, 0.05) is 37.0 Å². The zero-order chi connectivity index (χ0) is 27.0. The van der Waals surface area contributed by atoms with Gasteiger partial charge in [-0.15, -0.1) is 0 Å². The summed E-state index contributed by atoms with van der Waals surface area (Å²) in [4.78, 5) is 26.7. The summed E-state index contributed by atoms with van der Waals surface area (Å²) in [5, 5.41) is 1.11. The summed E-state index contributed by atoms with van der Waals surface area (Å²) >= 11 is 6.59. The Morgan fingerprint density at radius 2 is 1.97 bits per heavy atom. The van der Waals surface area contributed by atoms with Gasteiger partial charge in [0.15, 0.2) is 6.29 Å². The Bertz CT molecular complexity index is 1520. The first-order valence-corrected chi connectivity index (χ1v) is 14.1. The minimum atomic E-state index is -0.633. The Labute approximate surface area is 233 Å². The van der Waals surface area contributed by atoms with Gasteiger partial charge in [-0.3, -0.25) is 9.78 Å². The first-order valence-electron chi connectivity index (χ1n) is 13.7. The molecule has 2 aliphatic rings. The highest BCUT2D eigenvalue weighted by atomic mass is 35.5. The first kappa shape index (κ1) is 26.1. The predicted octanol–water partition coefficient (Wildman–Crippen LogP) is 5.98. The van der Waals surface area contributed by atoms with Gasteiger partial charge >= 0.3 is 0 Å². The number of nitrogens with zero attached hydrogens (tertiary/aromatic N) is 4. The van der Waals surface area contributed by atoms with Crippen molar-refractivity contribution in [3.63, 3.8) is 0 Å². The lowest BCUT2D eigenvalue weighted by atomic mass is 9.75. The molecule has 8 heteroatoms. The van der Waals surface area contributed by atoms with Crippen molar-refractivity contribution >= 4 is 22.5 Å². The molecule has 1 saturated carbocycles. The van der Waals surface area contributed by atoms with Crippen molar-refractivity contribution in [1.82, 2.24) is 19.5 Å². The van der Waals surface area contributed by atoms with Crippen molar-refractivity contribution in [3.05, 3.63) is 87.4 Å². The van der Waals surface area contributed by atoms with Crippen molar-refractivity contribution < 1.29 is 9.47 Å². The van der Waals surface area contributed by atoms with Crippen LogP contribution < -0.4 is 5.56 Å². The van der Waals surface area contributed by atoms with Crippen LogP contribution in [0.25, 0.3) is 22.0 Å². The van der Waals surface area contributed by atoms with Gasteiger partial charge in [0.2, 0.25) is 5.28 Å². The molecule has 1 aromatic carbocycles. The van der Waals surface area contributed by atoms with Crippen LogP contribution in [0.15, 0.2) is 59.7 Å².